The summed E-state index contributed by atoms with van der Waals surface area (Å²) in [6.07, 6.45) is 1.96. The molecule has 0 aliphatic carbocycles. The van der Waals surface area contributed by atoms with Gasteiger partial charge in [-0.2, -0.15) is 0 Å². The van der Waals surface area contributed by atoms with Gasteiger partial charge in [-0.3, -0.25) is 9.59 Å². The van der Waals surface area contributed by atoms with Crippen molar-refractivity contribution < 1.29 is 19.1 Å². The molecule has 0 aromatic heterocycles. The Morgan fingerprint density at radius 3 is 2.11 bits per heavy atom. The van der Waals surface area contributed by atoms with Crippen molar-refractivity contribution in [2.75, 3.05) is 6.61 Å². The van der Waals surface area contributed by atoms with Crippen molar-refractivity contribution in [1.29, 1.82) is 0 Å². The van der Waals surface area contributed by atoms with E-state index >= 15 is 0 Å². The molecule has 0 heterocycles. The molecule has 4 heteroatoms. The average Bonchev–Trinajstić information content (AvgIpc) is 2.35. The van der Waals surface area contributed by atoms with Crippen LogP contribution in [-0.4, -0.2) is 24.6 Å². The highest BCUT2D eigenvalue weighted by atomic mass is 16.5. The molecule has 0 aromatic carbocycles. The molecule has 112 valence electrons. The average molecular weight is 272 g/mol. The third-order valence-corrected chi connectivity index (χ3v) is 3.24. The minimum absolute atomic E-state index is 0.0788. The molecule has 0 spiro atoms. The molecule has 0 bridgehead atoms. The topological polar surface area (TPSA) is 52.6 Å². The van der Waals surface area contributed by atoms with Gasteiger partial charge in [-0.15, -0.1) is 0 Å². The zero-order chi connectivity index (χ0) is 14.8. The van der Waals surface area contributed by atoms with Crippen LogP contribution in [0.4, 0.5) is 0 Å². The molecule has 2 unspecified atom stereocenters. The highest BCUT2D eigenvalue weighted by Gasteiger charge is 2.13. The fraction of sp³-hybridized carbons (Fsp3) is 0.867. The van der Waals surface area contributed by atoms with E-state index in [2.05, 4.69) is 6.92 Å². The molecule has 19 heavy (non-hydrogen) atoms. The largest absolute Gasteiger partial charge is 0.465 e. The third-order valence-electron chi connectivity index (χ3n) is 3.24. The van der Waals surface area contributed by atoms with Gasteiger partial charge in [0.1, 0.15) is 6.10 Å². The molecule has 0 rings (SSSR count). The summed E-state index contributed by atoms with van der Waals surface area (Å²) in [5.41, 5.74) is 0. The van der Waals surface area contributed by atoms with Crippen molar-refractivity contribution in [3.63, 3.8) is 0 Å². The van der Waals surface area contributed by atoms with Crippen molar-refractivity contribution in [3.8, 4) is 0 Å². The van der Waals surface area contributed by atoms with Crippen LogP contribution in [0, 0.1) is 11.8 Å². The number of carbonyl (C=O) groups is 2. The zero-order valence-corrected chi connectivity index (χ0v) is 12.9. The molecule has 0 aromatic rings. The first-order valence-electron chi connectivity index (χ1n) is 7.21. The van der Waals surface area contributed by atoms with Crippen LogP contribution in [0.15, 0.2) is 0 Å². The van der Waals surface area contributed by atoms with Gasteiger partial charge in [-0.25, -0.2) is 0 Å². The maximum Gasteiger partial charge on any atom is 0.306 e. The summed E-state index contributed by atoms with van der Waals surface area (Å²) in [5.74, 6) is 0.228. The van der Waals surface area contributed by atoms with Crippen molar-refractivity contribution in [2.45, 2.75) is 66.4 Å². The second kappa shape index (κ2) is 9.82. The van der Waals surface area contributed by atoms with Gasteiger partial charge >= 0.3 is 11.9 Å². The van der Waals surface area contributed by atoms with Crippen molar-refractivity contribution in [2.24, 2.45) is 11.8 Å². The molecular weight excluding hydrogens is 244 g/mol. The predicted octanol–water partition coefficient (Wildman–Crippen LogP) is 3.33. The van der Waals surface area contributed by atoms with Crippen LogP contribution in [0.1, 0.15) is 60.3 Å². The molecule has 0 aliphatic heterocycles. The summed E-state index contributed by atoms with van der Waals surface area (Å²) < 4.78 is 10.3. The van der Waals surface area contributed by atoms with E-state index < -0.39 is 0 Å². The van der Waals surface area contributed by atoms with Crippen molar-refractivity contribution >= 4 is 11.9 Å². The summed E-state index contributed by atoms with van der Waals surface area (Å²) >= 11 is 0. The Hall–Kier alpha value is -1.06. The van der Waals surface area contributed by atoms with E-state index in [0.29, 0.717) is 24.9 Å². The Labute approximate surface area is 116 Å². The van der Waals surface area contributed by atoms with Crippen LogP contribution in [-0.2, 0) is 19.1 Å². The van der Waals surface area contributed by atoms with Crippen LogP contribution in [0.25, 0.3) is 0 Å². The maximum absolute atomic E-state index is 11.5. The molecule has 0 aliphatic rings. The van der Waals surface area contributed by atoms with Crippen LogP contribution in [0.2, 0.25) is 0 Å². The van der Waals surface area contributed by atoms with E-state index in [-0.39, 0.29) is 30.9 Å². The molecule has 0 radical (unpaired) electrons. The van der Waals surface area contributed by atoms with Crippen LogP contribution in [0.3, 0.4) is 0 Å². The monoisotopic (exact) mass is 272 g/mol. The fourth-order valence-corrected chi connectivity index (χ4v) is 1.20. The highest BCUT2D eigenvalue weighted by molar-refractivity contribution is 5.72. The standard InChI is InChI=1S/C15H28O4/c1-6-12(4)10-18-14(16)8-7-9-15(17)19-13(5)11(2)3/h11-13H,6-10H2,1-5H3. The van der Waals surface area contributed by atoms with E-state index in [1.165, 1.54) is 0 Å². The van der Waals surface area contributed by atoms with E-state index in [1.54, 1.807) is 0 Å². The van der Waals surface area contributed by atoms with Gasteiger partial charge < -0.3 is 9.47 Å². The van der Waals surface area contributed by atoms with E-state index in [9.17, 15) is 9.59 Å². The summed E-state index contributed by atoms with van der Waals surface area (Å²) in [5, 5.41) is 0. The molecule has 0 fully saturated rings. The van der Waals surface area contributed by atoms with Gasteiger partial charge in [-0.05, 0) is 25.2 Å². The maximum atomic E-state index is 11.5. The SMILES string of the molecule is CCC(C)COC(=O)CCCC(=O)OC(C)C(C)C. The highest BCUT2D eigenvalue weighted by Crippen LogP contribution is 2.09. The van der Waals surface area contributed by atoms with Crippen molar-refractivity contribution in [3.05, 3.63) is 0 Å². The minimum Gasteiger partial charge on any atom is -0.465 e. The van der Waals surface area contributed by atoms with Gasteiger partial charge in [0.15, 0.2) is 0 Å². The van der Waals surface area contributed by atoms with Gasteiger partial charge in [0.05, 0.1) is 6.61 Å². The second-order valence-corrected chi connectivity index (χ2v) is 5.49. The number of hydrogen-bond donors (Lipinski definition) is 0. The Morgan fingerprint density at radius 2 is 1.58 bits per heavy atom. The fourth-order valence-electron chi connectivity index (χ4n) is 1.20. The molecule has 0 saturated heterocycles. The molecule has 0 N–H and O–H groups in total. The van der Waals surface area contributed by atoms with Crippen LogP contribution in [0.5, 0.6) is 0 Å². The molecule has 0 amide bonds. The van der Waals surface area contributed by atoms with Crippen LogP contribution < -0.4 is 0 Å². The lowest BCUT2D eigenvalue weighted by Gasteiger charge is -2.16. The predicted molar refractivity (Wildman–Crippen MR) is 74.7 cm³/mol. The number of hydrogen-bond acceptors (Lipinski definition) is 4. The Balaban J connectivity index is 3.67. The van der Waals surface area contributed by atoms with E-state index in [0.717, 1.165) is 6.42 Å². The molecule has 0 saturated carbocycles. The quantitative estimate of drug-likeness (QED) is 0.604. The van der Waals surface area contributed by atoms with Gasteiger partial charge in [0.2, 0.25) is 0 Å². The number of ether oxygens (including phenoxy) is 2. The molecular formula is C15H28O4. The van der Waals surface area contributed by atoms with Gasteiger partial charge in [0, 0.05) is 12.8 Å². The number of rotatable bonds is 9. The Kier molecular flexibility index (Phi) is 9.27. The third kappa shape index (κ3) is 9.51. The lowest BCUT2D eigenvalue weighted by Crippen LogP contribution is -2.20. The number of carbonyl (C=O) groups excluding carboxylic acids is 2. The number of esters is 2. The summed E-state index contributed by atoms with van der Waals surface area (Å²) in [6, 6.07) is 0. The first-order valence-corrected chi connectivity index (χ1v) is 7.21. The Morgan fingerprint density at radius 1 is 1.00 bits per heavy atom. The lowest BCUT2D eigenvalue weighted by molar-refractivity contribution is -0.150. The van der Waals surface area contributed by atoms with Crippen molar-refractivity contribution in [1.82, 2.24) is 0 Å². The Bertz CT molecular complexity index is 273. The van der Waals surface area contributed by atoms with Gasteiger partial charge in [0.25, 0.3) is 0 Å². The molecule has 4 nitrogen and oxygen atoms in total. The second-order valence-electron chi connectivity index (χ2n) is 5.49. The van der Waals surface area contributed by atoms with Gasteiger partial charge in [-0.1, -0.05) is 34.1 Å². The first kappa shape index (κ1) is 17.9. The van der Waals surface area contributed by atoms with Crippen LogP contribution >= 0.6 is 0 Å². The summed E-state index contributed by atoms with van der Waals surface area (Å²) in [4.78, 5) is 22.9. The normalized spacial score (nSPS) is 14.0. The van der Waals surface area contributed by atoms with E-state index in [4.69, 9.17) is 9.47 Å². The lowest BCUT2D eigenvalue weighted by atomic mass is 10.1. The summed E-state index contributed by atoms with van der Waals surface area (Å²) in [7, 11) is 0. The zero-order valence-electron chi connectivity index (χ0n) is 12.9. The summed E-state index contributed by atoms with van der Waals surface area (Å²) in [6.45, 7) is 10.4. The minimum atomic E-state index is -0.240. The first-order chi connectivity index (χ1) is 8.86. The van der Waals surface area contributed by atoms with E-state index in [1.807, 2.05) is 27.7 Å². The molecule has 2 atom stereocenters. The smallest absolute Gasteiger partial charge is 0.306 e.